The Kier molecular flexibility index (Phi) is 5.21. The van der Waals surface area contributed by atoms with Crippen molar-refractivity contribution in [2.75, 3.05) is 26.5 Å². The van der Waals surface area contributed by atoms with Crippen molar-refractivity contribution in [2.24, 2.45) is 5.73 Å². The SMILES string of the molecule is COc1ccnc(CS(=O)CCN)c1OC. The predicted octanol–water partition coefficient (Wildman–Crippen LogP) is 0.306. The molecule has 5 nitrogen and oxygen atoms in total. The molecule has 0 radical (unpaired) electrons. The van der Waals surface area contributed by atoms with Crippen LogP contribution in [0.3, 0.4) is 0 Å². The van der Waals surface area contributed by atoms with Crippen LogP contribution in [-0.2, 0) is 16.6 Å². The largest absolute Gasteiger partial charge is 0.493 e. The van der Waals surface area contributed by atoms with E-state index in [1.807, 2.05) is 0 Å². The van der Waals surface area contributed by atoms with Crippen LogP contribution in [0.5, 0.6) is 11.5 Å². The molecule has 6 heteroatoms. The van der Waals surface area contributed by atoms with E-state index >= 15 is 0 Å². The fraction of sp³-hybridized carbons (Fsp3) is 0.500. The number of nitrogens with two attached hydrogens (primary N) is 1. The number of aromatic nitrogens is 1. The maximum Gasteiger partial charge on any atom is 0.183 e. The average Bonchev–Trinajstić information content (AvgIpc) is 2.29. The van der Waals surface area contributed by atoms with Crippen LogP contribution in [-0.4, -0.2) is 35.7 Å². The number of rotatable bonds is 6. The van der Waals surface area contributed by atoms with Crippen molar-refractivity contribution in [1.29, 1.82) is 0 Å². The van der Waals surface area contributed by atoms with Gasteiger partial charge in [0.05, 0.1) is 25.7 Å². The maximum absolute atomic E-state index is 11.6. The highest BCUT2D eigenvalue weighted by molar-refractivity contribution is 7.84. The van der Waals surface area contributed by atoms with Crippen molar-refractivity contribution in [3.8, 4) is 11.5 Å². The van der Waals surface area contributed by atoms with Gasteiger partial charge < -0.3 is 15.2 Å². The molecule has 0 aromatic carbocycles. The lowest BCUT2D eigenvalue weighted by atomic mass is 10.3. The van der Waals surface area contributed by atoms with Gasteiger partial charge in [-0.15, -0.1) is 0 Å². The zero-order valence-corrected chi connectivity index (χ0v) is 10.3. The van der Waals surface area contributed by atoms with Crippen molar-refractivity contribution < 1.29 is 13.7 Å². The summed E-state index contributed by atoms with van der Waals surface area (Å²) in [5.74, 6) is 1.92. The van der Waals surface area contributed by atoms with Gasteiger partial charge >= 0.3 is 0 Å². The highest BCUT2D eigenvalue weighted by atomic mass is 32.2. The summed E-state index contributed by atoms with van der Waals surface area (Å²) in [5.41, 5.74) is 5.97. The lowest BCUT2D eigenvalue weighted by Gasteiger charge is -2.10. The molecule has 0 aliphatic rings. The molecular formula is C10H16N2O3S. The quantitative estimate of drug-likeness (QED) is 0.779. The average molecular weight is 244 g/mol. The van der Waals surface area contributed by atoms with Crippen LogP contribution >= 0.6 is 0 Å². The second kappa shape index (κ2) is 6.44. The molecule has 0 saturated heterocycles. The molecule has 1 aromatic heterocycles. The summed E-state index contributed by atoms with van der Waals surface area (Å²) >= 11 is 0. The molecule has 1 heterocycles. The number of ether oxygens (including phenoxy) is 2. The number of pyridine rings is 1. The Morgan fingerprint density at radius 3 is 2.75 bits per heavy atom. The Morgan fingerprint density at radius 2 is 2.19 bits per heavy atom. The molecule has 0 aliphatic carbocycles. The van der Waals surface area contributed by atoms with Crippen LogP contribution in [0.25, 0.3) is 0 Å². The number of hydrogen-bond acceptors (Lipinski definition) is 5. The van der Waals surface area contributed by atoms with Crippen LogP contribution in [0.15, 0.2) is 12.3 Å². The molecular weight excluding hydrogens is 228 g/mol. The van der Waals surface area contributed by atoms with Crippen LogP contribution in [0.4, 0.5) is 0 Å². The minimum Gasteiger partial charge on any atom is -0.493 e. The summed E-state index contributed by atoms with van der Waals surface area (Å²) in [6.07, 6.45) is 1.61. The van der Waals surface area contributed by atoms with Gasteiger partial charge in [-0.25, -0.2) is 0 Å². The number of methoxy groups -OCH3 is 2. The van der Waals surface area contributed by atoms with Crippen molar-refractivity contribution in [3.63, 3.8) is 0 Å². The van der Waals surface area contributed by atoms with E-state index in [9.17, 15) is 4.21 Å². The Labute approximate surface area is 97.4 Å². The molecule has 1 aromatic rings. The zero-order chi connectivity index (χ0) is 12.0. The Morgan fingerprint density at radius 1 is 1.44 bits per heavy atom. The molecule has 0 saturated carbocycles. The first-order valence-electron chi connectivity index (χ1n) is 4.83. The monoisotopic (exact) mass is 244 g/mol. The number of hydrogen-bond donors (Lipinski definition) is 1. The van der Waals surface area contributed by atoms with E-state index < -0.39 is 10.8 Å². The molecule has 0 fully saturated rings. The van der Waals surface area contributed by atoms with Gasteiger partial charge in [-0.2, -0.15) is 0 Å². The highest BCUT2D eigenvalue weighted by Crippen LogP contribution is 2.29. The third kappa shape index (κ3) is 3.18. The van der Waals surface area contributed by atoms with E-state index in [1.165, 1.54) is 7.11 Å². The van der Waals surface area contributed by atoms with Gasteiger partial charge in [-0.1, -0.05) is 0 Å². The minimum atomic E-state index is -1.02. The van der Waals surface area contributed by atoms with Crippen LogP contribution in [0, 0.1) is 0 Å². The standard InChI is InChI=1S/C10H16N2O3S/c1-14-9-3-5-12-8(10(9)15-2)7-16(13)6-4-11/h3,5H,4,6-7,11H2,1-2H3. The van der Waals surface area contributed by atoms with Crippen molar-refractivity contribution in [2.45, 2.75) is 5.75 Å². The number of nitrogens with zero attached hydrogens (tertiary/aromatic N) is 1. The Balaban J connectivity index is 2.90. The first-order chi connectivity index (χ1) is 7.72. The normalized spacial score (nSPS) is 12.2. The maximum atomic E-state index is 11.6. The van der Waals surface area contributed by atoms with E-state index in [4.69, 9.17) is 15.2 Å². The third-order valence-corrected chi connectivity index (χ3v) is 3.30. The van der Waals surface area contributed by atoms with Crippen molar-refractivity contribution in [1.82, 2.24) is 4.98 Å². The molecule has 0 amide bonds. The molecule has 0 aliphatic heterocycles. The fourth-order valence-corrected chi connectivity index (χ4v) is 2.23. The van der Waals surface area contributed by atoms with Gasteiger partial charge in [0, 0.05) is 35.4 Å². The van der Waals surface area contributed by atoms with E-state index in [-0.39, 0.29) is 0 Å². The van der Waals surface area contributed by atoms with Gasteiger partial charge in [0.2, 0.25) is 0 Å². The molecule has 1 rings (SSSR count). The van der Waals surface area contributed by atoms with Crippen molar-refractivity contribution in [3.05, 3.63) is 18.0 Å². The summed E-state index contributed by atoms with van der Waals surface area (Å²) in [6, 6.07) is 1.70. The molecule has 0 spiro atoms. The van der Waals surface area contributed by atoms with Gasteiger partial charge in [0.1, 0.15) is 0 Å². The van der Waals surface area contributed by atoms with Gasteiger partial charge in [-0.3, -0.25) is 9.19 Å². The summed E-state index contributed by atoms with van der Waals surface area (Å²) in [5, 5.41) is 0. The van der Waals surface area contributed by atoms with E-state index in [2.05, 4.69) is 4.98 Å². The lowest BCUT2D eigenvalue weighted by Crippen LogP contribution is -2.12. The summed E-state index contributed by atoms with van der Waals surface area (Å²) in [6.45, 7) is 0.402. The third-order valence-electron chi connectivity index (χ3n) is 2.01. The van der Waals surface area contributed by atoms with Crippen LogP contribution in [0.2, 0.25) is 0 Å². The first kappa shape index (κ1) is 12.9. The Bertz CT molecular complexity index is 371. The zero-order valence-electron chi connectivity index (χ0n) is 9.43. The Hall–Kier alpha value is -1.14. The second-order valence-corrected chi connectivity index (χ2v) is 4.65. The summed E-state index contributed by atoms with van der Waals surface area (Å²) in [4.78, 5) is 4.14. The highest BCUT2D eigenvalue weighted by Gasteiger charge is 2.13. The summed E-state index contributed by atoms with van der Waals surface area (Å²) < 4.78 is 21.9. The van der Waals surface area contributed by atoms with E-state index in [0.29, 0.717) is 35.2 Å². The fourth-order valence-electron chi connectivity index (χ4n) is 1.31. The topological polar surface area (TPSA) is 74.4 Å². The van der Waals surface area contributed by atoms with E-state index in [1.54, 1.807) is 19.4 Å². The van der Waals surface area contributed by atoms with Crippen LogP contribution < -0.4 is 15.2 Å². The predicted molar refractivity (Wildman–Crippen MR) is 63.1 cm³/mol. The second-order valence-electron chi connectivity index (χ2n) is 3.07. The molecule has 90 valence electrons. The van der Waals surface area contributed by atoms with E-state index in [0.717, 1.165) is 0 Å². The van der Waals surface area contributed by atoms with Crippen LogP contribution in [0.1, 0.15) is 5.69 Å². The smallest absolute Gasteiger partial charge is 0.183 e. The lowest BCUT2D eigenvalue weighted by molar-refractivity contribution is 0.350. The van der Waals surface area contributed by atoms with Gasteiger partial charge in [-0.05, 0) is 0 Å². The molecule has 2 N–H and O–H groups in total. The van der Waals surface area contributed by atoms with Gasteiger partial charge in [0.15, 0.2) is 11.5 Å². The first-order valence-corrected chi connectivity index (χ1v) is 6.32. The molecule has 0 bridgehead atoms. The van der Waals surface area contributed by atoms with Crippen molar-refractivity contribution >= 4 is 10.8 Å². The molecule has 1 unspecified atom stereocenters. The van der Waals surface area contributed by atoms with Gasteiger partial charge in [0.25, 0.3) is 0 Å². The molecule has 16 heavy (non-hydrogen) atoms. The molecule has 1 atom stereocenters. The summed E-state index contributed by atoms with van der Waals surface area (Å²) in [7, 11) is 2.07. The minimum absolute atomic E-state index is 0.331.